The lowest BCUT2D eigenvalue weighted by Crippen LogP contribution is -2.05. The molecule has 0 spiro atoms. The Morgan fingerprint density at radius 3 is 2.71 bits per heavy atom. The fourth-order valence-corrected chi connectivity index (χ4v) is 4.23. The molecule has 2 heterocycles. The molecular formula is C25H23N3O2S. The van der Waals surface area contributed by atoms with Crippen molar-refractivity contribution >= 4 is 34.8 Å². The summed E-state index contributed by atoms with van der Waals surface area (Å²) in [5, 5.41) is 0.884. The second kappa shape index (κ2) is 9.62. The summed E-state index contributed by atoms with van der Waals surface area (Å²) >= 11 is 1.67. The second-order valence-electron chi connectivity index (χ2n) is 6.96. The number of fused-ring (bicyclic) bond motifs is 1. The SMILES string of the molecule is C=Cc1ccc(CSc2nc3cc(C(=O)OCC)ccc3n2Cc2ccccn2)cc1. The zero-order chi connectivity index (χ0) is 21.6. The lowest BCUT2D eigenvalue weighted by Gasteiger charge is -2.09. The van der Waals surface area contributed by atoms with E-state index in [1.54, 1.807) is 37.0 Å². The highest BCUT2D eigenvalue weighted by Gasteiger charge is 2.15. The molecule has 31 heavy (non-hydrogen) atoms. The molecule has 0 radical (unpaired) electrons. The zero-order valence-corrected chi connectivity index (χ0v) is 18.1. The van der Waals surface area contributed by atoms with Crippen LogP contribution in [0.1, 0.15) is 34.1 Å². The average molecular weight is 430 g/mol. The Bertz CT molecular complexity index is 1200. The van der Waals surface area contributed by atoms with Crippen molar-refractivity contribution in [2.75, 3.05) is 6.61 Å². The van der Waals surface area contributed by atoms with Gasteiger partial charge in [0.2, 0.25) is 0 Å². The van der Waals surface area contributed by atoms with Crippen LogP contribution in [0.2, 0.25) is 0 Å². The number of pyridine rings is 1. The minimum atomic E-state index is -0.333. The first-order valence-corrected chi connectivity index (χ1v) is 11.1. The summed E-state index contributed by atoms with van der Waals surface area (Å²) < 4.78 is 7.29. The third kappa shape index (κ3) is 4.86. The summed E-state index contributed by atoms with van der Waals surface area (Å²) in [7, 11) is 0. The van der Waals surface area contributed by atoms with Crippen molar-refractivity contribution in [3.05, 3.63) is 95.8 Å². The number of esters is 1. The maximum atomic E-state index is 12.2. The van der Waals surface area contributed by atoms with Gasteiger partial charge in [-0.15, -0.1) is 0 Å². The number of ether oxygens (including phenoxy) is 1. The summed E-state index contributed by atoms with van der Waals surface area (Å²) in [5.74, 6) is 0.452. The fraction of sp³-hybridized carbons (Fsp3) is 0.160. The van der Waals surface area contributed by atoms with E-state index in [-0.39, 0.29) is 5.97 Å². The number of hydrogen-bond acceptors (Lipinski definition) is 5. The molecule has 2 aromatic heterocycles. The molecule has 2 aromatic carbocycles. The van der Waals surface area contributed by atoms with Crippen LogP contribution in [0.5, 0.6) is 0 Å². The van der Waals surface area contributed by atoms with E-state index in [0.717, 1.165) is 33.2 Å². The summed E-state index contributed by atoms with van der Waals surface area (Å²) in [6, 6.07) is 19.7. The van der Waals surface area contributed by atoms with E-state index in [9.17, 15) is 4.79 Å². The van der Waals surface area contributed by atoms with Gasteiger partial charge in [-0.1, -0.05) is 54.7 Å². The Balaban J connectivity index is 1.67. The molecule has 0 unspecified atom stereocenters. The molecule has 4 aromatic rings. The van der Waals surface area contributed by atoms with E-state index in [0.29, 0.717) is 18.7 Å². The second-order valence-corrected chi connectivity index (χ2v) is 7.90. The van der Waals surface area contributed by atoms with Crippen LogP contribution in [0, 0.1) is 0 Å². The Morgan fingerprint density at radius 1 is 1.16 bits per heavy atom. The molecule has 0 atom stereocenters. The lowest BCUT2D eigenvalue weighted by molar-refractivity contribution is 0.0526. The predicted molar refractivity (Wildman–Crippen MR) is 125 cm³/mol. The van der Waals surface area contributed by atoms with E-state index in [1.165, 1.54) is 5.56 Å². The van der Waals surface area contributed by atoms with Gasteiger partial charge in [0.05, 0.1) is 35.4 Å². The minimum absolute atomic E-state index is 0.333. The number of aromatic nitrogens is 3. The van der Waals surface area contributed by atoms with Crippen molar-refractivity contribution < 1.29 is 9.53 Å². The number of imidazole rings is 1. The molecule has 0 N–H and O–H groups in total. The third-order valence-electron chi connectivity index (χ3n) is 4.85. The van der Waals surface area contributed by atoms with Gasteiger partial charge in [-0.2, -0.15) is 0 Å². The molecule has 6 heteroatoms. The first-order valence-electron chi connectivity index (χ1n) is 10.1. The highest BCUT2D eigenvalue weighted by molar-refractivity contribution is 7.98. The first-order chi connectivity index (χ1) is 15.2. The fourth-order valence-electron chi connectivity index (χ4n) is 3.26. The normalized spacial score (nSPS) is 10.9. The van der Waals surface area contributed by atoms with Gasteiger partial charge in [-0.05, 0) is 48.4 Å². The smallest absolute Gasteiger partial charge is 0.338 e. The van der Waals surface area contributed by atoms with Gasteiger partial charge < -0.3 is 9.30 Å². The summed E-state index contributed by atoms with van der Waals surface area (Å²) in [5.41, 5.74) is 5.50. The molecule has 0 amide bonds. The van der Waals surface area contributed by atoms with E-state index in [1.807, 2.05) is 30.3 Å². The number of nitrogens with zero attached hydrogens (tertiary/aromatic N) is 3. The first kappa shape index (κ1) is 20.9. The van der Waals surface area contributed by atoms with Crippen LogP contribution in [0.3, 0.4) is 0 Å². The minimum Gasteiger partial charge on any atom is -0.462 e. The van der Waals surface area contributed by atoms with E-state index >= 15 is 0 Å². The van der Waals surface area contributed by atoms with Gasteiger partial charge >= 0.3 is 5.97 Å². The van der Waals surface area contributed by atoms with Crippen LogP contribution in [-0.4, -0.2) is 27.1 Å². The molecule has 4 rings (SSSR count). The maximum absolute atomic E-state index is 12.2. The summed E-state index contributed by atoms with van der Waals surface area (Å²) in [4.78, 5) is 21.5. The van der Waals surface area contributed by atoms with Crippen molar-refractivity contribution in [1.29, 1.82) is 0 Å². The molecule has 0 aliphatic rings. The van der Waals surface area contributed by atoms with Crippen LogP contribution in [-0.2, 0) is 17.0 Å². The highest BCUT2D eigenvalue weighted by Crippen LogP contribution is 2.28. The largest absolute Gasteiger partial charge is 0.462 e. The molecule has 0 saturated carbocycles. The quantitative estimate of drug-likeness (QED) is 0.270. The van der Waals surface area contributed by atoms with Gasteiger partial charge in [0, 0.05) is 11.9 Å². The highest BCUT2D eigenvalue weighted by atomic mass is 32.2. The molecule has 0 bridgehead atoms. The van der Waals surface area contributed by atoms with Gasteiger partial charge in [-0.3, -0.25) is 4.98 Å². The number of carbonyl (C=O) groups excluding carboxylic acids is 1. The number of hydrogen-bond donors (Lipinski definition) is 0. The molecule has 5 nitrogen and oxygen atoms in total. The number of carbonyl (C=O) groups is 1. The summed E-state index contributed by atoms with van der Waals surface area (Å²) in [6.45, 7) is 6.55. The Labute approximate surface area is 185 Å². The Hall–Kier alpha value is -3.38. The average Bonchev–Trinajstić information content (AvgIpc) is 3.15. The van der Waals surface area contributed by atoms with Crippen molar-refractivity contribution in [2.45, 2.75) is 24.4 Å². The summed E-state index contributed by atoms with van der Waals surface area (Å²) in [6.07, 6.45) is 3.63. The maximum Gasteiger partial charge on any atom is 0.338 e. The monoisotopic (exact) mass is 429 g/mol. The molecule has 0 aliphatic carbocycles. The van der Waals surface area contributed by atoms with Gasteiger partial charge in [0.15, 0.2) is 5.16 Å². The van der Waals surface area contributed by atoms with Crippen molar-refractivity contribution in [1.82, 2.24) is 14.5 Å². The van der Waals surface area contributed by atoms with E-state index < -0.39 is 0 Å². The Morgan fingerprint density at radius 2 is 2.00 bits per heavy atom. The Kier molecular flexibility index (Phi) is 6.48. The van der Waals surface area contributed by atoms with Crippen LogP contribution >= 0.6 is 11.8 Å². The van der Waals surface area contributed by atoms with Crippen LogP contribution in [0.25, 0.3) is 17.1 Å². The van der Waals surface area contributed by atoms with Crippen molar-refractivity contribution in [3.63, 3.8) is 0 Å². The molecule has 0 aliphatic heterocycles. The topological polar surface area (TPSA) is 57.0 Å². The molecule has 0 saturated heterocycles. The van der Waals surface area contributed by atoms with E-state index in [2.05, 4.69) is 40.4 Å². The van der Waals surface area contributed by atoms with E-state index in [4.69, 9.17) is 9.72 Å². The van der Waals surface area contributed by atoms with Gasteiger partial charge in [-0.25, -0.2) is 9.78 Å². The standard InChI is InChI=1S/C25H23N3O2S/c1-3-18-8-10-19(11-9-18)17-31-25-27-22-15-20(24(29)30-4-2)12-13-23(22)28(25)16-21-7-5-6-14-26-21/h3,5-15H,1,4,16-17H2,2H3. The van der Waals surface area contributed by atoms with Crippen LogP contribution in [0.4, 0.5) is 0 Å². The molecular weight excluding hydrogens is 406 g/mol. The number of thioether (sulfide) groups is 1. The van der Waals surface area contributed by atoms with Crippen molar-refractivity contribution in [3.8, 4) is 0 Å². The zero-order valence-electron chi connectivity index (χ0n) is 17.3. The van der Waals surface area contributed by atoms with Gasteiger partial charge in [0.25, 0.3) is 0 Å². The molecule has 0 fully saturated rings. The van der Waals surface area contributed by atoms with Gasteiger partial charge in [0.1, 0.15) is 0 Å². The van der Waals surface area contributed by atoms with Crippen LogP contribution < -0.4 is 0 Å². The number of rotatable bonds is 8. The lowest BCUT2D eigenvalue weighted by atomic mass is 10.1. The molecule has 156 valence electrons. The predicted octanol–water partition coefficient (Wildman–Crippen LogP) is 5.59. The van der Waals surface area contributed by atoms with Crippen LogP contribution in [0.15, 0.2) is 78.6 Å². The number of benzene rings is 2. The van der Waals surface area contributed by atoms with Crippen molar-refractivity contribution in [2.24, 2.45) is 0 Å². The third-order valence-corrected chi connectivity index (χ3v) is 5.90.